The summed E-state index contributed by atoms with van der Waals surface area (Å²) in [6.07, 6.45) is 5.55. The quantitative estimate of drug-likeness (QED) is 0.749. The van der Waals surface area contributed by atoms with Crippen molar-refractivity contribution >= 4 is 5.91 Å². The van der Waals surface area contributed by atoms with E-state index in [0.717, 1.165) is 24.2 Å². The van der Waals surface area contributed by atoms with Gasteiger partial charge < -0.3 is 5.73 Å². The van der Waals surface area contributed by atoms with Crippen LogP contribution in [0, 0.1) is 6.92 Å². The van der Waals surface area contributed by atoms with E-state index >= 15 is 0 Å². The zero-order chi connectivity index (χ0) is 12.1. The minimum Gasteiger partial charge on any atom is -0.365 e. The SMILES string of the molecule is CCCCCCc1nn(C)c(C)c1C(N)=O. The van der Waals surface area contributed by atoms with Gasteiger partial charge in [-0.1, -0.05) is 26.2 Å². The Kier molecular flexibility index (Phi) is 4.52. The number of nitrogens with two attached hydrogens (primary N) is 1. The number of hydrogen-bond donors (Lipinski definition) is 1. The van der Waals surface area contributed by atoms with Crippen LogP contribution in [0.3, 0.4) is 0 Å². The van der Waals surface area contributed by atoms with E-state index in [1.807, 2.05) is 14.0 Å². The smallest absolute Gasteiger partial charge is 0.252 e. The molecule has 0 radical (unpaired) electrons. The van der Waals surface area contributed by atoms with Crippen molar-refractivity contribution in [2.75, 3.05) is 0 Å². The van der Waals surface area contributed by atoms with Crippen LogP contribution >= 0.6 is 0 Å². The highest BCUT2D eigenvalue weighted by molar-refractivity contribution is 5.95. The zero-order valence-corrected chi connectivity index (χ0v) is 10.4. The summed E-state index contributed by atoms with van der Waals surface area (Å²) in [6, 6.07) is 0. The molecule has 0 bridgehead atoms. The van der Waals surface area contributed by atoms with Crippen molar-refractivity contribution in [2.24, 2.45) is 12.8 Å². The molecule has 0 fully saturated rings. The molecule has 0 aliphatic carbocycles. The summed E-state index contributed by atoms with van der Waals surface area (Å²) in [7, 11) is 1.84. The van der Waals surface area contributed by atoms with Gasteiger partial charge in [0.25, 0.3) is 5.91 Å². The van der Waals surface area contributed by atoms with E-state index in [4.69, 9.17) is 5.73 Å². The van der Waals surface area contributed by atoms with E-state index in [9.17, 15) is 4.79 Å². The lowest BCUT2D eigenvalue weighted by molar-refractivity contribution is 0.0998. The molecule has 0 aromatic carbocycles. The lowest BCUT2D eigenvalue weighted by atomic mass is 10.1. The normalized spacial score (nSPS) is 10.7. The number of aromatic nitrogens is 2. The Morgan fingerprint density at radius 2 is 2.06 bits per heavy atom. The molecule has 0 atom stereocenters. The average molecular weight is 223 g/mol. The van der Waals surface area contributed by atoms with Gasteiger partial charge in [0, 0.05) is 12.7 Å². The maximum absolute atomic E-state index is 11.3. The van der Waals surface area contributed by atoms with E-state index in [1.54, 1.807) is 4.68 Å². The molecule has 4 heteroatoms. The summed E-state index contributed by atoms with van der Waals surface area (Å²) in [5.74, 6) is -0.365. The molecule has 0 aliphatic rings. The van der Waals surface area contributed by atoms with Crippen molar-refractivity contribution in [1.82, 2.24) is 9.78 Å². The molecule has 1 heterocycles. The Labute approximate surface area is 96.8 Å². The Morgan fingerprint density at radius 3 is 2.62 bits per heavy atom. The van der Waals surface area contributed by atoms with Crippen LogP contribution in [0.4, 0.5) is 0 Å². The molecule has 1 aromatic heterocycles. The lowest BCUT2D eigenvalue weighted by Gasteiger charge is -1.99. The second-order valence-electron chi connectivity index (χ2n) is 4.21. The van der Waals surface area contributed by atoms with Crippen molar-refractivity contribution in [2.45, 2.75) is 46.0 Å². The number of amides is 1. The fourth-order valence-corrected chi connectivity index (χ4v) is 1.89. The number of nitrogens with zero attached hydrogens (tertiary/aromatic N) is 2. The molecule has 0 aliphatic heterocycles. The molecule has 0 saturated heterocycles. The van der Waals surface area contributed by atoms with E-state index < -0.39 is 0 Å². The third kappa shape index (κ3) is 2.84. The van der Waals surface area contributed by atoms with Gasteiger partial charge >= 0.3 is 0 Å². The summed E-state index contributed by atoms with van der Waals surface area (Å²) >= 11 is 0. The number of rotatable bonds is 6. The number of aryl methyl sites for hydroxylation is 2. The third-order valence-corrected chi connectivity index (χ3v) is 2.92. The van der Waals surface area contributed by atoms with Gasteiger partial charge in [-0.15, -0.1) is 0 Å². The molecule has 1 amide bonds. The van der Waals surface area contributed by atoms with Gasteiger partial charge in [0.15, 0.2) is 0 Å². The number of unbranched alkanes of at least 4 members (excludes halogenated alkanes) is 3. The van der Waals surface area contributed by atoms with E-state index in [0.29, 0.717) is 5.56 Å². The molecule has 90 valence electrons. The minimum atomic E-state index is -0.365. The van der Waals surface area contributed by atoms with Crippen molar-refractivity contribution < 1.29 is 4.79 Å². The Morgan fingerprint density at radius 1 is 1.38 bits per heavy atom. The van der Waals surface area contributed by atoms with Gasteiger partial charge in [0.1, 0.15) is 0 Å². The number of carbonyl (C=O) groups excluding carboxylic acids is 1. The lowest BCUT2D eigenvalue weighted by Crippen LogP contribution is -2.14. The second-order valence-corrected chi connectivity index (χ2v) is 4.21. The summed E-state index contributed by atoms with van der Waals surface area (Å²) in [5.41, 5.74) is 7.69. The largest absolute Gasteiger partial charge is 0.365 e. The maximum atomic E-state index is 11.3. The summed E-state index contributed by atoms with van der Waals surface area (Å²) < 4.78 is 1.73. The first kappa shape index (κ1) is 12.7. The topological polar surface area (TPSA) is 60.9 Å². The van der Waals surface area contributed by atoms with Crippen LogP contribution in [-0.2, 0) is 13.5 Å². The predicted molar refractivity (Wildman–Crippen MR) is 64.3 cm³/mol. The van der Waals surface area contributed by atoms with Crippen LogP contribution in [0.25, 0.3) is 0 Å². The highest BCUT2D eigenvalue weighted by atomic mass is 16.1. The molecule has 1 aromatic rings. The second kappa shape index (κ2) is 5.68. The average Bonchev–Trinajstić information content (AvgIpc) is 2.50. The van der Waals surface area contributed by atoms with Crippen LogP contribution in [0.15, 0.2) is 0 Å². The van der Waals surface area contributed by atoms with Crippen molar-refractivity contribution in [1.29, 1.82) is 0 Å². The standard InChI is InChI=1S/C12H21N3O/c1-4-5-6-7-8-10-11(12(13)16)9(2)15(3)14-10/h4-8H2,1-3H3,(H2,13,16). The number of hydrogen-bond acceptors (Lipinski definition) is 2. The van der Waals surface area contributed by atoms with Gasteiger partial charge in [0.05, 0.1) is 11.3 Å². The maximum Gasteiger partial charge on any atom is 0.252 e. The molecule has 0 spiro atoms. The molecule has 1 rings (SSSR count). The van der Waals surface area contributed by atoms with Crippen molar-refractivity contribution in [3.8, 4) is 0 Å². The van der Waals surface area contributed by atoms with Crippen LogP contribution in [0.2, 0.25) is 0 Å². The third-order valence-electron chi connectivity index (χ3n) is 2.92. The summed E-state index contributed by atoms with van der Waals surface area (Å²) in [5, 5.41) is 4.34. The molecule has 0 saturated carbocycles. The Balaban J connectivity index is 2.72. The van der Waals surface area contributed by atoms with Gasteiger partial charge in [-0.25, -0.2) is 0 Å². The van der Waals surface area contributed by atoms with Crippen LogP contribution in [0.1, 0.15) is 54.4 Å². The molecular weight excluding hydrogens is 202 g/mol. The predicted octanol–water partition coefficient (Wildman–Crippen LogP) is 1.95. The molecule has 4 nitrogen and oxygen atoms in total. The fourth-order valence-electron chi connectivity index (χ4n) is 1.89. The molecule has 2 N–H and O–H groups in total. The van der Waals surface area contributed by atoms with E-state index in [1.165, 1.54) is 19.3 Å². The Bertz CT molecular complexity index is 369. The summed E-state index contributed by atoms with van der Waals surface area (Å²) in [6.45, 7) is 4.06. The zero-order valence-electron chi connectivity index (χ0n) is 10.4. The molecule has 16 heavy (non-hydrogen) atoms. The molecule has 0 unspecified atom stereocenters. The first-order chi connectivity index (χ1) is 7.57. The number of primary amides is 1. The van der Waals surface area contributed by atoms with Crippen molar-refractivity contribution in [3.63, 3.8) is 0 Å². The van der Waals surface area contributed by atoms with Crippen molar-refractivity contribution in [3.05, 3.63) is 17.0 Å². The highest BCUT2D eigenvalue weighted by Gasteiger charge is 2.16. The first-order valence-electron chi connectivity index (χ1n) is 5.90. The highest BCUT2D eigenvalue weighted by Crippen LogP contribution is 2.15. The van der Waals surface area contributed by atoms with Gasteiger partial charge in [-0.3, -0.25) is 9.48 Å². The van der Waals surface area contributed by atoms with Crippen LogP contribution < -0.4 is 5.73 Å². The van der Waals surface area contributed by atoms with Crippen LogP contribution in [-0.4, -0.2) is 15.7 Å². The van der Waals surface area contributed by atoms with Gasteiger partial charge in [-0.05, 0) is 19.8 Å². The van der Waals surface area contributed by atoms with Gasteiger partial charge in [-0.2, -0.15) is 5.10 Å². The fraction of sp³-hybridized carbons (Fsp3) is 0.667. The molecular formula is C12H21N3O. The van der Waals surface area contributed by atoms with E-state index in [2.05, 4.69) is 12.0 Å². The van der Waals surface area contributed by atoms with Crippen LogP contribution in [0.5, 0.6) is 0 Å². The minimum absolute atomic E-state index is 0.365. The van der Waals surface area contributed by atoms with E-state index in [-0.39, 0.29) is 5.91 Å². The first-order valence-corrected chi connectivity index (χ1v) is 5.90. The Hall–Kier alpha value is -1.32. The van der Waals surface area contributed by atoms with Gasteiger partial charge in [0.2, 0.25) is 0 Å². The monoisotopic (exact) mass is 223 g/mol. The summed E-state index contributed by atoms with van der Waals surface area (Å²) in [4.78, 5) is 11.3. The number of carbonyl (C=O) groups is 1.